The van der Waals surface area contributed by atoms with Gasteiger partial charge in [-0.25, -0.2) is 4.98 Å². The number of ether oxygens (including phenoxy) is 5. The van der Waals surface area contributed by atoms with Crippen LogP contribution in [0.2, 0.25) is 0 Å². The van der Waals surface area contributed by atoms with Crippen LogP contribution in [0.3, 0.4) is 0 Å². The van der Waals surface area contributed by atoms with Gasteiger partial charge in [-0.2, -0.15) is 0 Å². The summed E-state index contributed by atoms with van der Waals surface area (Å²) in [6.45, 7) is 8.83. The van der Waals surface area contributed by atoms with E-state index < -0.39 is 0 Å². The van der Waals surface area contributed by atoms with Gasteiger partial charge in [-0.3, -0.25) is 9.79 Å². The van der Waals surface area contributed by atoms with Crippen LogP contribution in [-0.2, 0) is 9.53 Å². The maximum Gasteiger partial charge on any atom is 0.302 e. The van der Waals surface area contributed by atoms with E-state index >= 15 is 0 Å². The minimum atomic E-state index is -0.250. The smallest absolute Gasteiger partial charge is 0.302 e. The Kier molecular flexibility index (Phi) is 7.78. The molecule has 35 heavy (non-hydrogen) atoms. The molecule has 4 rings (SSSR count). The lowest BCUT2D eigenvalue weighted by Crippen LogP contribution is -2.36. The Bertz CT molecular complexity index is 1100. The van der Waals surface area contributed by atoms with Crippen molar-refractivity contribution in [1.29, 1.82) is 0 Å². The largest absolute Gasteiger partial charge is 0.493 e. The molecule has 1 aliphatic heterocycles. The Morgan fingerprint density at radius 1 is 0.943 bits per heavy atom. The Morgan fingerprint density at radius 2 is 1.69 bits per heavy atom. The molecule has 0 spiro atoms. The molecule has 2 aliphatic rings. The highest BCUT2D eigenvalue weighted by Gasteiger charge is 2.39. The lowest BCUT2D eigenvalue weighted by atomic mass is 9.74. The molecule has 8 heteroatoms. The average Bonchev–Trinajstić information content (AvgIpc) is 2.84. The number of carbonyl (C=O) groups is 1. The van der Waals surface area contributed by atoms with Gasteiger partial charge in [-0.05, 0) is 57.7 Å². The molecule has 188 valence electrons. The highest BCUT2D eigenvalue weighted by Crippen LogP contribution is 2.46. The van der Waals surface area contributed by atoms with Crippen LogP contribution in [0.5, 0.6) is 23.1 Å². The number of rotatable bonds is 9. The number of hydrogen-bond acceptors (Lipinski definition) is 8. The van der Waals surface area contributed by atoms with E-state index in [1.807, 2.05) is 32.9 Å². The van der Waals surface area contributed by atoms with Crippen molar-refractivity contribution >= 4 is 11.7 Å². The van der Waals surface area contributed by atoms with Gasteiger partial charge in [0, 0.05) is 30.7 Å². The summed E-state index contributed by atoms with van der Waals surface area (Å²) in [5, 5.41) is 0. The number of aliphatic imine (C=N–C) groups is 1. The summed E-state index contributed by atoms with van der Waals surface area (Å²) < 4.78 is 28.8. The van der Waals surface area contributed by atoms with Crippen molar-refractivity contribution < 1.29 is 28.5 Å². The third kappa shape index (κ3) is 5.21. The molecule has 0 N–H and O–H groups in total. The quantitative estimate of drug-likeness (QED) is 0.479. The van der Waals surface area contributed by atoms with E-state index in [1.165, 1.54) is 6.92 Å². The zero-order valence-corrected chi connectivity index (χ0v) is 21.1. The lowest BCUT2D eigenvalue weighted by Gasteiger charge is -2.38. The zero-order chi connectivity index (χ0) is 24.9. The van der Waals surface area contributed by atoms with Gasteiger partial charge in [-0.15, -0.1) is 0 Å². The number of benzene rings is 1. The van der Waals surface area contributed by atoms with E-state index in [9.17, 15) is 4.79 Å². The predicted octanol–water partition coefficient (Wildman–Crippen LogP) is 4.71. The Morgan fingerprint density at radius 3 is 2.37 bits per heavy atom. The Balaban J connectivity index is 1.85. The topological polar surface area (TPSA) is 88.5 Å². The minimum Gasteiger partial charge on any atom is -0.493 e. The fourth-order valence-electron chi connectivity index (χ4n) is 5.01. The summed E-state index contributed by atoms with van der Waals surface area (Å²) in [4.78, 5) is 21.4. The summed E-state index contributed by atoms with van der Waals surface area (Å²) in [5.74, 6) is 2.37. The molecule has 2 aromatic rings. The van der Waals surface area contributed by atoms with Crippen molar-refractivity contribution in [3.8, 4) is 23.1 Å². The van der Waals surface area contributed by atoms with Crippen molar-refractivity contribution in [3.05, 3.63) is 41.1 Å². The fraction of sp³-hybridized carbons (Fsp3) is 0.519. The van der Waals surface area contributed by atoms with Gasteiger partial charge in [0.25, 0.3) is 0 Å². The van der Waals surface area contributed by atoms with Gasteiger partial charge in [0.2, 0.25) is 5.88 Å². The van der Waals surface area contributed by atoms with Gasteiger partial charge in [-0.1, -0.05) is 0 Å². The number of aromatic nitrogens is 1. The van der Waals surface area contributed by atoms with E-state index in [-0.39, 0.29) is 24.0 Å². The average molecular weight is 483 g/mol. The second kappa shape index (κ2) is 11.0. The van der Waals surface area contributed by atoms with Gasteiger partial charge in [0.05, 0.1) is 44.2 Å². The molecule has 0 radical (unpaired) electrons. The van der Waals surface area contributed by atoms with Gasteiger partial charge in [0.1, 0.15) is 11.9 Å². The molecule has 1 fully saturated rings. The number of esters is 1. The summed E-state index contributed by atoms with van der Waals surface area (Å²) in [6.07, 6.45) is 3.96. The molecule has 3 atom stereocenters. The number of methoxy groups -OCH3 is 1. The van der Waals surface area contributed by atoms with Crippen LogP contribution >= 0.6 is 0 Å². The molecular weight excluding hydrogens is 448 g/mol. The monoisotopic (exact) mass is 482 g/mol. The molecule has 0 amide bonds. The second-order valence-corrected chi connectivity index (χ2v) is 8.60. The standard InChI is InChI=1S/C27H34N2O6/c1-6-32-23-14-26(34-8-3)28-15-21(23)27-20-13-24(31-5)25(33-7-2)12-18(20)19-11-17(35-16(4)30)9-10-22(19)29-27/h12-15,17,19,22H,6-11H2,1-5H3/t17-,19-,22-/m1/s1. The SMILES string of the molecule is CCOc1cc(OCC)c(C2=N[C@@H]3CC[C@@H](OC(C)=O)C[C@@H]3c3cc(OCC)c(OC)cc32)cn1. The number of fused-ring (bicyclic) bond motifs is 3. The molecule has 0 bridgehead atoms. The van der Waals surface area contributed by atoms with Crippen LogP contribution in [0.15, 0.2) is 29.4 Å². The maximum atomic E-state index is 11.6. The number of hydrogen-bond donors (Lipinski definition) is 0. The normalized spacial score (nSPS) is 20.7. The Hall–Kier alpha value is -3.29. The number of nitrogens with zero attached hydrogens (tertiary/aromatic N) is 2. The van der Waals surface area contributed by atoms with E-state index in [0.29, 0.717) is 49.4 Å². The van der Waals surface area contributed by atoms with E-state index in [4.69, 9.17) is 28.7 Å². The molecular formula is C27H34N2O6. The lowest BCUT2D eigenvalue weighted by molar-refractivity contribution is -0.148. The third-order valence-corrected chi connectivity index (χ3v) is 6.37. The first-order valence-electron chi connectivity index (χ1n) is 12.3. The molecule has 1 aromatic heterocycles. The molecule has 0 unspecified atom stereocenters. The summed E-state index contributed by atoms with van der Waals surface area (Å²) in [7, 11) is 1.63. The molecule has 8 nitrogen and oxygen atoms in total. The summed E-state index contributed by atoms with van der Waals surface area (Å²) in [6, 6.07) is 5.91. The second-order valence-electron chi connectivity index (χ2n) is 8.60. The van der Waals surface area contributed by atoms with Crippen LogP contribution in [0.1, 0.15) is 69.6 Å². The van der Waals surface area contributed by atoms with E-state index in [0.717, 1.165) is 35.2 Å². The summed E-state index contributed by atoms with van der Waals surface area (Å²) in [5.41, 5.74) is 3.68. The molecule has 0 saturated heterocycles. The molecule has 1 aliphatic carbocycles. The fourth-order valence-corrected chi connectivity index (χ4v) is 5.01. The third-order valence-electron chi connectivity index (χ3n) is 6.37. The van der Waals surface area contributed by atoms with Gasteiger partial charge >= 0.3 is 5.97 Å². The van der Waals surface area contributed by atoms with Crippen LogP contribution in [0, 0.1) is 0 Å². The first-order chi connectivity index (χ1) is 17.0. The van der Waals surface area contributed by atoms with Crippen molar-refractivity contribution in [3.63, 3.8) is 0 Å². The Labute approximate surface area is 206 Å². The number of carbonyl (C=O) groups excluding carboxylic acids is 1. The van der Waals surface area contributed by atoms with Crippen molar-refractivity contribution in [2.45, 2.75) is 65.0 Å². The first kappa shape index (κ1) is 24.8. The maximum absolute atomic E-state index is 11.6. The minimum absolute atomic E-state index is 0.0493. The van der Waals surface area contributed by atoms with Crippen molar-refractivity contribution in [1.82, 2.24) is 4.98 Å². The first-order valence-corrected chi connectivity index (χ1v) is 12.3. The van der Waals surface area contributed by atoms with Crippen molar-refractivity contribution in [2.24, 2.45) is 4.99 Å². The van der Waals surface area contributed by atoms with Crippen LogP contribution < -0.4 is 18.9 Å². The highest BCUT2D eigenvalue weighted by atomic mass is 16.5. The zero-order valence-electron chi connectivity index (χ0n) is 21.1. The van der Waals surface area contributed by atoms with Gasteiger partial charge in [0.15, 0.2) is 11.5 Å². The number of pyridine rings is 1. The molecule has 1 aromatic carbocycles. The molecule has 2 heterocycles. The highest BCUT2D eigenvalue weighted by molar-refractivity contribution is 6.16. The summed E-state index contributed by atoms with van der Waals surface area (Å²) >= 11 is 0. The van der Waals surface area contributed by atoms with Crippen LogP contribution in [-0.4, -0.2) is 55.7 Å². The van der Waals surface area contributed by atoms with Crippen LogP contribution in [0.4, 0.5) is 0 Å². The van der Waals surface area contributed by atoms with E-state index in [1.54, 1.807) is 13.3 Å². The van der Waals surface area contributed by atoms with Crippen LogP contribution in [0.25, 0.3) is 0 Å². The van der Waals surface area contributed by atoms with Gasteiger partial charge < -0.3 is 23.7 Å². The van der Waals surface area contributed by atoms with E-state index in [2.05, 4.69) is 11.1 Å². The molecule has 1 saturated carbocycles. The van der Waals surface area contributed by atoms with Crippen molar-refractivity contribution in [2.75, 3.05) is 26.9 Å². The predicted molar refractivity (Wildman–Crippen MR) is 132 cm³/mol.